The first-order valence-electron chi connectivity index (χ1n) is 11.2. The minimum absolute atomic E-state index is 0.213. The predicted octanol–water partition coefficient (Wildman–Crippen LogP) is 4.12. The lowest BCUT2D eigenvalue weighted by atomic mass is 10.1. The van der Waals surface area contributed by atoms with Gasteiger partial charge in [0.2, 0.25) is 5.88 Å². The summed E-state index contributed by atoms with van der Waals surface area (Å²) in [5, 5.41) is 10.3. The molecule has 8 heteroatoms. The second-order valence-electron chi connectivity index (χ2n) is 8.74. The van der Waals surface area contributed by atoms with Gasteiger partial charge in [0.05, 0.1) is 24.1 Å². The molecule has 0 amide bonds. The number of hydrogen-bond donors (Lipinski definition) is 1. The number of nitrogens with zero attached hydrogens (tertiary/aromatic N) is 4. The van der Waals surface area contributed by atoms with Crippen LogP contribution >= 0.6 is 0 Å². The minimum atomic E-state index is -1.16. The van der Waals surface area contributed by atoms with Crippen LogP contribution in [0.2, 0.25) is 0 Å². The molecule has 4 aromatic rings. The van der Waals surface area contributed by atoms with E-state index in [1.807, 2.05) is 48.5 Å². The first-order chi connectivity index (χ1) is 16.7. The van der Waals surface area contributed by atoms with Crippen molar-refractivity contribution in [3.63, 3.8) is 0 Å². The van der Waals surface area contributed by atoms with Gasteiger partial charge in [-0.3, -0.25) is 9.36 Å². The summed E-state index contributed by atoms with van der Waals surface area (Å²) in [6.07, 6.45) is 1.61. The third-order valence-corrected chi connectivity index (χ3v) is 5.54. The summed E-state index contributed by atoms with van der Waals surface area (Å²) in [5.74, 6) is 1.86. The van der Waals surface area contributed by atoms with Crippen molar-refractivity contribution < 1.29 is 14.6 Å². The van der Waals surface area contributed by atoms with Gasteiger partial charge in [-0.05, 0) is 63.6 Å². The molecule has 2 heterocycles. The Balaban J connectivity index is 1.66. The van der Waals surface area contributed by atoms with Crippen molar-refractivity contribution >= 4 is 0 Å². The summed E-state index contributed by atoms with van der Waals surface area (Å²) in [5.41, 5.74) is 2.04. The van der Waals surface area contributed by atoms with Crippen LogP contribution < -0.4 is 15.0 Å². The molecule has 35 heavy (non-hydrogen) atoms. The normalized spacial score (nSPS) is 11.4. The first kappa shape index (κ1) is 24.1. The van der Waals surface area contributed by atoms with E-state index in [9.17, 15) is 9.90 Å². The Kier molecular flexibility index (Phi) is 6.66. The Morgan fingerprint density at radius 3 is 2.54 bits per heavy atom. The highest BCUT2D eigenvalue weighted by Gasteiger charge is 2.20. The van der Waals surface area contributed by atoms with Gasteiger partial charge in [-0.1, -0.05) is 24.3 Å². The standard InChI is InChI=1S/C27H28N4O4/c1-17-24(35-16-19-8-6-11-22(14-19)34-5)29-18(2)31(25(17)32)21-10-7-9-20(15-21)23-12-13-28-26(30-23)27(3,4)33/h6-15,33H,16H2,1-5H3. The number of rotatable bonds is 7. The van der Waals surface area contributed by atoms with Crippen LogP contribution in [0.4, 0.5) is 0 Å². The van der Waals surface area contributed by atoms with E-state index in [4.69, 9.17) is 9.47 Å². The molecule has 4 rings (SSSR count). The second kappa shape index (κ2) is 9.68. The fourth-order valence-corrected chi connectivity index (χ4v) is 3.66. The summed E-state index contributed by atoms with van der Waals surface area (Å²) < 4.78 is 12.7. The summed E-state index contributed by atoms with van der Waals surface area (Å²) in [6, 6.07) is 16.8. The Hall–Kier alpha value is -4.04. The van der Waals surface area contributed by atoms with E-state index in [1.54, 1.807) is 51.6 Å². The SMILES string of the molecule is COc1cccc(COc2nc(C)n(-c3cccc(-c4ccnc(C(C)(C)O)n4)c3)c(=O)c2C)c1. The van der Waals surface area contributed by atoms with Gasteiger partial charge in [-0.2, -0.15) is 4.98 Å². The van der Waals surface area contributed by atoms with Gasteiger partial charge in [0.1, 0.15) is 23.8 Å². The highest BCUT2D eigenvalue weighted by Crippen LogP contribution is 2.24. The molecule has 0 radical (unpaired) electrons. The molecular formula is C27H28N4O4. The molecule has 0 saturated heterocycles. The largest absolute Gasteiger partial charge is 0.497 e. The van der Waals surface area contributed by atoms with Crippen molar-refractivity contribution in [3.8, 4) is 28.6 Å². The van der Waals surface area contributed by atoms with Gasteiger partial charge in [0.15, 0.2) is 5.82 Å². The van der Waals surface area contributed by atoms with E-state index in [-0.39, 0.29) is 12.2 Å². The van der Waals surface area contributed by atoms with Crippen LogP contribution in [0, 0.1) is 13.8 Å². The fourth-order valence-electron chi connectivity index (χ4n) is 3.66. The Morgan fingerprint density at radius 2 is 1.80 bits per heavy atom. The molecule has 0 saturated carbocycles. The highest BCUT2D eigenvalue weighted by atomic mass is 16.5. The monoisotopic (exact) mass is 472 g/mol. The van der Waals surface area contributed by atoms with Gasteiger partial charge < -0.3 is 14.6 Å². The molecule has 2 aromatic carbocycles. The molecule has 0 fully saturated rings. The lowest BCUT2D eigenvalue weighted by Crippen LogP contribution is -2.25. The molecule has 180 valence electrons. The van der Waals surface area contributed by atoms with E-state index in [0.29, 0.717) is 34.5 Å². The second-order valence-corrected chi connectivity index (χ2v) is 8.74. The third-order valence-electron chi connectivity index (χ3n) is 5.54. The Labute approximate surface area is 203 Å². The molecule has 0 unspecified atom stereocenters. The van der Waals surface area contributed by atoms with Gasteiger partial charge in [-0.25, -0.2) is 9.97 Å². The van der Waals surface area contributed by atoms with E-state index < -0.39 is 5.60 Å². The summed E-state index contributed by atoms with van der Waals surface area (Å²) >= 11 is 0. The molecule has 0 bridgehead atoms. The van der Waals surface area contributed by atoms with Crippen LogP contribution in [0.15, 0.2) is 65.6 Å². The van der Waals surface area contributed by atoms with Crippen molar-refractivity contribution in [1.82, 2.24) is 19.5 Å². The van der Waals surface area contributed by atoms with Gasteiger partial charge in [-0.15, -0.1) is 0 Å². The lowest BCUT2D eigenvalue weighted by Gasteiger charge is -2.17. The number of ether oxygens (including phenoxy) is 2. The van der Waals surface area contributed by atoms with Crippen LogP contribution in [0.1, 0.15) is 36.6 Å². The number of aryl methyl sites for hydroxylation is 1. The third kappa shape index (κ3) is 5.22. The van der Waals surface area contributed by atoms with Crippen LogP contribution in [-0.2, 0) is 12.2 Å². The molecule has 2 aromatic heterocycles. The molecule has 0 aliphatic rings. The van der Waals surface area contributed by atoms with Crippen LogP contribution in [0.3, 0.4) is 0 Å². The van der Waals surface area contributed by atoms with E-state index >= 15 is 0 Å². The smallest absolute Gasteiger partial charge is 0.264 e. The first-order valence-corrected chi connectivity index (χ1v) is 11.2. The summed E-state index contributed by atoms with van der Waals surface area (Å²) in [6.45, 7) is 7.01. The van der Waals surface area contributed by atoms with Crippen LogP contribution in [0.25, 0.3) is 16.9 Å². The number of aromatic nitrogens is 4. The van der Waals surface area contributed by atoms with Crippen molar-refractivity contribution in [2.24, 2.45) is 0 Å². The molecule has 0 atom stereocenters. The van der Waals surface area contributed by atoms with Crippen molar-refractivity contribution in [2.45, 2.75) is 39.9 Å². The van der Waals surface area contributed by atoms with E-state index in [2.05, 4.69) is 15.0 Å². The molecular weight excluding hydrogens is 444 g/mol. The average Bonchev–Trinajstić information content (AvgIpc) is 2.85. The Bertz CT molecular complexity index is 1420. The quantitative estimate of drug-likeness (QED) is 0.432. The van der Waals surface area contributed by atoms with Gasteiger partial charge >= 0.3 is 0 Å². The van der Waals surface area contributed by atoms with E-state index in [0.717, 1.165) is 16.9 Å². The molecule has 0 aliphatic heterocycles. The molecule has 1 N–H and O–H groups in total. The molecule has 0 spiro atoms. The zero-order valence-electron chi connectivity index (χ0n) is 20.4. The maximum atomic E-state index is 13.3. The van der Waals surface area contributed by atoms with Crippen molar-refractivity contribution in [2.75, 3.05) is 7.11 Å². The predicted molar refractivity (Wildman–Crippen MR) is 133 cm³/mol. The maximum absolute atomic E-state index is 13.3. The Morgan fingerprint density at radius 1 is 1.03 bits per heavy atom. The molecule has 8 nitrogen and oxygen atoms in total. The average molecular weight is 473 g/mol. The number of benzene rings is 2. The van der Waals surface area contributed by atoms with Crippen molar-refractivity contribution in [1.29, 1.82) is 0 Å². The van der Waals surface area contributed by atoms with Gasteiger partial charge in [0, 0.05) is 11.8 Å². The highest BCUT2D eigenvalue weighted by molar-refractivity contribution is 5.62. The minimum Gasteiger partial charge on any atom is -0.497 e. The fraction of sp³-hybridized carbons (Fsp3) is 0.259. The summed E-state index contributed by atoms with van der Waals surface area (Å²) in [4.78, 5) is 26.6. The molecule has 0 aliphatic carbocycles. The van der Waals surface area contributed by atoms with Gasteiger partial charge in [0.25, 0.3) is 5.56 Å². The summed E-state index contributed by atoms with van der Waals surface area (Å²) in [7, 11) is 1.61. The number of methoxy groups -OCH3 is 1. The number of aliphatic hydroxyl groups is 1. The van der Waals surface area contributed by atoms with Crippen molar-refractivity contribution in [3.05, 3.63) is 93.9 Å². The zero-order valence-corrected chi connectivity index (χ0v) is 20.4. The van der Waals surface area contributed by atoms with E-state index in [1.165, 1.54) is 0 Å². The zero-order chi connectivity index (χ0) is 25.2. The van der Waals surface area contributed by atoms with Crippen LogP contribution in [-0.4, -0.2) is 31.7 Å². The topological polar surface area (TPSA) is 99.4 Å². The number of hydrogen-bond acceptors (Lipinski definition) is 7. The lowest BCUT2D eigenvalue weighted by molar-refractivity contribution is 0.0688. The maximum Gasteiger partial charge on any atom is 0.264 e. The van der Waals surface area contributed by atoms with Crippen LogP contribution in [0.5, 0.6) is 11.6 Å².